The lowest BCUT2D eigenvalue weighted by molar-refractivity contribution is -0.139. The summed E-state index contributed by atoms with van der Waals surface area (Å²) >= 11 is 0. The van der Waals surface area contributed by atoms with Crippen LogP contribution in [0, 0.1) is 0 Å². The number of carbonyl (C=O) groups is 1. The van der Waals surface area contributed by atoms with Gasteiger partial charge in [-0.15, -0.1) is 0 Å². The highest BCUT2D eigenvalue weighted by Gasteiger charge is 2.32. The summed E-state index contributed by atoms with van der Waals surface area (Å²) in [5.74, 6) is 0.729. The van der Waals surface area contributed by atoms with Crippen molar-refractivity contribution in [3.05, 3.63) is 24.3 Å². The molecule has 1 aliphatic heterocycles. The first-order valence-corrected chi connectivity index (χ1v) is 9.98. The molecule has 1 aliphatic rings. The minimum absolute atomic E-state index is 0.104. The van der Waals surface area contributed by atoms with Gasteiger partial charge in [0.2, 0.25) is 0 Å². The van der Waals surface area contributed by atoms with Crippen molar-refractivity contribution in [2.24, 2.45) is 0 Å². The Hall–Kier alpha value is -1.59. The van der Waals surface area contributed by atoms with Gasteiger partial charge in [0.25, 0.3) is 5.91 Å². The summed E-state index contributed by atoms with van der Waals surface area (Å²) in [4.78, 5) is 15.0. The van der Waals surface area contributed by atoms with E-state index in [1.807, 2.05) is 45.0 Å². The fourth-order valence-corrected chi connectivity index (χ4v) is 3.03. The minimum atomic E-state index is -0.792. The van der Waals surface area contributed by atoms with Crippen LogP contribution in [0.3, 0.4) is 0 Å². The van der Waals surface area contributed by atoms with Crippen molar-refractivity contribution in [1.82, 2.24) is 4.90 Å². The van der Waals surface area contributed by atoms with Gasteiger partial charge >= 0.3 is 0 Å². The number of nitrogens with zero attached hydrogens (tertiary/aromatic N) is 1. The molecular weight excluding hydrogens is 328 g/mol. The lowest BCUT2D eigenvalue weighted by atomic mass is 10.0. The van der Waals surface area contributed by atoms with Crippen LogP contribution in [-0.2, 0) is 9.53 Å². The summed E-state index contributed by atoms with van der Waals surface area (Å²) in [5, 5.41) is 2.95. The molecular formula is C21H34N2O3. The molecule has 0 saturated carbocycles. The Bertz CT molecular complexity index is 541. The molecule has 1 saturated heterocycles. The van der Waals surface area contributed by atoms with E-state index < -0.39 is 5.60 Å². The molecule has 5 heteroatoms. The highest BCUT2D eigenvalue weighted by atomic mass is 16.5. The second-order valence-electron chi connectivity index (χ2n) is 7.16. The number of benzene rings is 1. The van der Waals surface area contributed by atoms with E-state index in [1.165, 1.54) is 32.4 Å². The SMILES string of the molecule is CCCO[C@@](C)(CC)C(=O)Nc1ccc(OCCN2CCCCC2)cc1. The van der Waals surface area contributed by atoms with Gasteiger partial charge in [0, 0.05) is 18.8 Å². The van der Waals surface area contributed by atoms with Crippen LogP contribution >= 0.6 is 0 Å². The molecule has 26 heavy (non-hydrogen) atoms. The van der Waals surface area contributed by atoms with Crippen molar-refractivity contribution in [1.29, 1.82) is 0 Å². The third kappa shape index (κ3) is 6.29. The number of ether oxygens (including phenoxy) is 2. The lowest BCUT2D eigenvalue weighted by Gasteiger charge is -2.27. The van der Waals surface area contributed by atoms with Crippen LogP contribution in [0.15, 0.2) is 24.3 Å². The number of piperidine rings is 1. The van der Waals surface area contributed by atoms with E-state index >= 15 is 0 Å². The molecule has 1 aromatic carbocycles. The van der Waals surface area contributed by atoms with Crippen molar-refractivity contribution in [3.8, 4) is 5.75 Å². The number of anilines is 1. The topological polar surface area (TPSA) is 50.8 Å². The van der Waals surface area contributed by atoms with Gasteiger partial charge in [-0.25, -0.2) is 0 Å². The van der Waals surface area contributed by atoms with Crippen LogP contribution in [0.25, 0.3) is 0 Å². The maximum absolute atomic E-state index is 12.5. The summed E-state index contributed by atoms with van der Waals surface area (Å²) in [7, 11) is 0. The Labute approximate surface area is 158 Å². The van der Waals surface area contributed by atoms with Crippen LogP contribution < -0.4 is 10.1 Å². The first kappa shape index (κ1) is 20.7. The molecule has 1 N–H and O–H groups in total. The van der Waals surface area contributed by atoms with Gasteiger partial charge in [-0.05, 0) is 70.0 Å². The van der Waals surface area contributed by atoms with Crippen molar-refractivity contribution in [2.75, 3.05) is 38.2 Å². The van der Waals surface area contributed by atoms with Gasteiger partial charge in [0.1, 0.15) is 18.0 Å². The molecule has 5 nitrogen and oxygen atoms in total. The van der Waals surface area contributed by atoms with E-state index in [9.17, 15) is 4.79 Å². The molecule has 0 spiro atoms. The number of nitrogens with one attached hydrogen (secondary N) is 1. The summed E-state index contributed by atoms with van der Waals surface area (Å²) in [6.45, 7) is 10.5. The van der Waals surface area contributed by atoms with Gasteiger partial charge in [-0.3, -0.25) is 9.69 Å². The fourth-order valence-electron chi connectivity index (χ4n) is 3.03. The average Bonchev–Trinajstić information content (AvgIpc) is 2.68. The zero-order valence-electron chi connectivity index (χ0n) is 16.6. The van der Waals surface area contributed by atoms with Crippen molar-refractivity contribution >= 4 is 11.6 Å². The number of hydrogen-bond acceptors (Lipinski definition) is 4. The van der Waals surface area contributed by atoms with E-state index in [1.54, 1.807) is 0 Å². The van der Waals surface area contributed by atoms with E-state index in [2.05, 4.69) is 10.2 Å². The first-order chi connectivity index (χ1) is 12.6. The zero-order chi connectivity index (χ0) is 18.8. The Morgan fingerprint density at radius 2 is 1.81 bits per heavy atom. The Kier molecular flexibility index (Phi) is 8.39. The van der Waals surface area contributed by atoms with Crippen LogP contribution in [0.5, 0.6) is 5.75 Å². The maximum atomic E-state index is 12.5. The highest BCUT2D eigenvalue weighted by Crippen LogP contribution is 2.21. The number of likely N-dealkylation sites (tertiary alicyclic amines) is 1. The Morgan fingerprint density at radius 3 is 2.42 bits per heavy atom. The smallest absolute Gasteiger partial charge is 0.256 e. The van der Waals surface area contributed by atoms with Crippen LogP contribution in [0.2, 0.25) is 0 Å². The molecule has 0 aromatic heterocycles. The molecule has 1 heterocycles. The standard InChI is InChI=1S/C21H34N2O3/c1-4-16-26-21(3,5-2)20(24)22-18-9-11-19(12-10-18)25-17-15-23-13-7-6-8-14-23/h9-12H,4-8,13-17H2,1-3H3,(H,22,24)/t21-/m0/s1. The molecule has 0 aliphatic carbocycles. The lowest BCUT2D eigenvalue weighted by Crippen LogP contribution is -2.42. The number of hydrogen-bond donors (Lipinski definition) is 1. The second kappa shape index (κ2) is 10.5. The third-order valence-electron chi connectivity index (χ3n) is 5.02. The monoisotopic (exact) mass is 362 g/mol. The quantitative estimate of drug-likeness (QED) is 0.681. The summed E-state index contributed by atoms with van der Waals surface area (Å²) in [6.07, 6.45) is 5.48. The third-order valence-corrected chi connectivity index (χ3v) is 5.02. The molecule has 0 unspecified atom stereocenters. The Morgan fingerprint density at radius 1 is 1.12 bits per heavy atom. The molecule has 1 amide bonds. The van der Waals surface area contributed by atoms with Gasteiger partial charge in [-0.1, -0.05) is 20.3 Å². The van der Waals surface area contributed by atoms with Gasteiger partial charge in [0.15, 0.2) is 0 Å². The van der Waals surface area contributed by atoms with E-state index in [0.717, 1.165) is 24.4 Å². The van der Waals surface area contributed by atoms with Crippen molar-refractivity contribution in [3.63, 3.8) is 0 Å². The van der Waals surface area contributed by atoms with Crippen LogP contribution in [-0.4, -0.2) is 49.3 Å². The largest absolute Gasteiger partial charge is 0.492 e. The maximum Gasteiger partial charge on any atom is 0.256 e. The first-order valence-electron chi connectivity index (χ1n) is 9.98. The van der Waals surface area contributed by atoms with Crippen molar-refractivity contribution < 1.29 is 14.3 Å². The Balaban J connectivity index is 1.79. The van der Waals surface area contributed by atoms with Gasteiger partial charge in [-0.2, -0.15) is 0 Å². The predicted octanol–water partition coefficient (Wildman–Crippen LogP) is 4.09. The number of carbonyl (C=O) groups excluding carboxylic acids is 1. The predicted molar refractivity (Wildman–Crippen MR) is 106 cm³/mol. The molecule has 0 radical (unpaired) electrons. The normalized spacial score (nSPS) is 17.5. The van der Waals surface area contributed by atoms with Crippen LogP contribution in [0.1, 0.15) is 52.9 Å². The van der Waals surface area contributed by atoms with E-state index in [0.29, 0.717) is 19.6 Å². The zero-order valence-corrected chi connectivity index (χ0v) is 16.6. The molecule has 0 bridgehead atoms. The minimum Gasteiger partial charge on any atom is -0.492 e. The van der Waals surface area contributed by atoms with E-state index in [4.69, 9.17) is 9.47 Å². The summed E-state index contributed by atoms with van der Waals surface area (Å²) < 4.78 is 11.6. The molecule has 1 fully saturated rings. The van der Waals surface area contributed by atoms with E-state index in [-0.39, 0.29) is 5.91 Å². The van der Waals surface area contributed by atoms with Crippen molar-refractivity contribution in [2.45, 2.75) is 58.5 Å². The number of amides is 1. The number of rotatable bonds is 10. The summed E-state index contributed by atoms with van der Waals surface area (Å²) in [5.41, 5.74) is -0.0299. The average molecular weight is 363 g/mol. The van der Waals surface area contributed by atoms with Crippen LogP contribution in [0.4, 0.5) is 5.69 Å². The molecule has 2 rings (SSSR count). The fraction of sp³-hybridized carbons (Fsp3) is 0.667. The highest BCUT2D eigenvalue weighted by molar-refractivity contribution is 5.97. The molecule has 1 aromatic rings. The second-order valence-corrected chi connectivity index (χ2v) is 7.16. The van der Waals surface area contributed by atoms with Gasteiger partial charge in [0.05, 0.1) is 0 Å². The molecule has 146 valence electrons. The molecule has 1 atom stereocenters. The van der Waals surface area contributed by atoms with Gasteiger partial charge < -0.3 is 14.8 Å². The summed E-state index contributed by atoms with van der Waals surface area (Å²) in [6, 6.07) is 7.57.